The smallest absolute Gasteiger partial charge is 0.274 e. The molecule has 1 N–H and O–H groups in total. The lowest BCUT2D eigenvalue weighted by molar-refractivity contribution is -0.123. The Morgan fingerprint density at radius 2 is 2.21 bits per heavy atom. The number of carbonyl (C=O) groups excluding carboxylic acids is 1. The standard InChI is InChI=1S/C18H21N3O3/c1-14-4-2-3-5-15(14)10-18(13-22)12-21(8-9-24-18)17(23)16-11-19-6-7-20-16/h2-7,11,22H,8-10,12-13H2,1H3. The second kappa shape index (κ2) is 7.07. The maximum atomic E-state index is 12.6. The van der Waals surface area contributed by atoms with Crippen molar-refractivity contribution in [1.29, 1.82) is 0 Å². The first-order valence-electron chi connectivity index (χ1n) is 7.98. The summed E-state index contributed by atoms with van der Waals surface area (Å²) in [6.45, 7) is 3.08. The molecule has 0 saturated carbocycles. The molecule has 6 nitrogen and oxygen atoms in total. The summed E-state index contributed by atoms with van der Waals surface area (Å²) in [5.41, 5.74) is 1.77. The summed E-state index contributed by atoms with van der Waals surface area (Å²) >= 11 is 0. The van der Waals surface area contributed by atoms with Crippen molar-refractivity contribution in [3.05, 3.63) is 59.7 Å². The maximum Gasteiger partial charge on any atom is 0.274 e. The zero-order chi connectivity index (χ0) is 17.0. The average Bonchev–Trinajstić information content (AvgIpc) is 2.64. The molecule has 1 atom stereocenters. The Bertz CT molecular complexity index is 708. The minimum Gasteiger partial charge on any atom is -0.393 e. The number of hydrogen-bond acceptors (Lipinski definition) is 5. The van der Waals surface area contributed by atoms with Crippen LogP contribution in [-0.4, -0.2) is 57.8 Å². The first kappa shape index (κ1) is 16.5. The number of aromatic nitrogens is 2. The third-order valence-electron chi connectivity index (χ3n) is 4.38. The van der Waals surface area contributed by atoms with Gasteiger partial charge < -0.3 is 14.7 Å². The van der Waals surface area contributed by atoms with E-state index in [-0.39, 0.29) is 12.5 Å². The van der Waals surface area contributed by atoms with E-state index in [1.54, 1.807) is 4.90 Å². The highest BCUT2D eigenvalue weighted by atomic mass is 16.5. The van der Waals surface area contributed by atoms with Crippen LogP contribution in [0, 0.1) is 6.92 Å². The summed E-state index contributed by atoms with van der Waals surface area (Å²) in [6, 6.07) is 8.01. The average molecular weight is 327 g/mol. The molecular weight excluding hydrogens is 306 g/mol. The highest BCUT2D eigenvalue weighted by Gasteiger charge is 2.38. The number of nitrogens with zero attached hydrogens (tertiary/aromatic N) is 3. The highest BCUT2D eigenvalue weighted by molar-refractivity contribution is 5.92. The van der Waals surface area contributed by atoms with E-state index in [1.807, 2.05) is 31.2 Å². The van der Waals surface area contributed by atoms with Gasteiger partial charge in [0.2, 0.25) is 0 Å². The first-order valence-corrected chi connectivity index (χ1v) is 7.98. The Labute approximate surface area is 141 Å². The van der Waals surface area contributed by atoms with Gasteiger partial charge in [0.1, 0.15) is 11.3 Å². The lowest BCUT2D eigenvalue weighted by atomic mass is 9.91. The van der Waals surface area contributed by atoms with Crippen molar-refractivity contribution in [2.45, 2.75) is 18.9 Å². The summed E-state index contributed by atoms with van der Waals surface area (Å²) in [6.07, 6.45) is 5.05. The first-order chi connectivity index (χ1) is 11.6. The van der Waals surface area contributed by atoms with Crippen LogP contribution in [0.15, 0.2) is 42.9 Å². The summed E-state index contributed by atoms with van der Waals surface area (Å²) in [4.78, 5) is 22.3. The lowest BCUT2D eigenvalue weighted by Crippen LogP contribution is -2.57. The molecule has 0 radical (unpaired) electrons. The van der Waals surface area contributed by atoms with Crippen LogP contribution in [0.25, 0.3) is 0 Å². The molecule has 0 aliphatic carbocycles. The van der Waals surface area contributed by atoms with Gasteiger partial charge >= 0.3 is 0 Å². The quantitative estimate of drug-likeness (QED) is 0.914. The summed E-state index contributed by atoms with van der Waals surface area (Å²) in [5, 5.41) is 9.97. The number of morpholine rings is 1. The Hall–Kier alpha value is -2.31. The topological polar surface area (TPSA) is 75.5 Å². The predicted octanol–water partition coefficient (Wildman–Crippen LogP) is 1.23. The minimum atomic E-state index is -0.789. The normalized spacial score (nSPS) is 20.8. The molecule has 1 aromatic carbocycles. The molecule has 1 aliphatic heterocycles. The van der Waals surface area contributed by atoms with Crippen LogP contribution >= 0.6 is 0 Å². The zero-order valence-corrected chi connectivity index (χ0v) is 13.7. The minimum absolute atomic E-state index is 0.147. The Kier molecular flexibility index (Phi) is 4.87. The van der Waals surface area contributed by atoms with E-state index in [0.29, 0.717) is 31.8 Å². The molecule has 24 heavy (non-hydrogen) atoms. The third-order valence-corrected chi connectivity index (χ3v) is 4.38. The number of hydrogen-bond donors (Lipinski definition) is 1. The summed E-state index contributed by atoms with van der Waals surface area (Å²) in [7, 11) is 0. The number of aryl methyl sites for hydroxylation is 1. The van der Waals surface area contributed by atoms with Crippen LogP contribution in [0.1, 0.15) is 21.6 Å². The van der Waals surface area contributed by atoms with Crippen molar-refractivity contribution in [3.63, 3.8) is 0 Å². The van der Waals surface area contributed by atoms with Crippen molar-refractivity contribution in [3.8, 4) is 0 Å². The second-order valence-electron chi connectivity index (χ2n) is 6.11. The van der Waals surface area contributed by atoms with Gasteiger partial charge in [-0.05, 0) is 18.1 Å². The van der Waals surface area contributed by atoms with Gasteiger partial charge in [-0.15, -0.1) is 0 Å². The number of rotatable bonds is 4. The van der Waals surface area contributed by atoms with Gasteiger partial charge in [0.15, 0.2) is 0 Å². The molecule has 1 unspecified atom stereocenters. The monoisotopic (exact) mass is 327 g/mol. The van der Waals surface area contributed by atoms with E-state index < -0.39 is 5.60 Å². The van der Waals surface area contributed by atoms with Crippen molar-refractivity contribution >= 4 is 5.91 Å². The predicted molar refractivity (Wildman–Crippen MR) is 88.6 cm³/mol. The van der Waals surface area contributed by atoms with Gasteiger partial charge in [-0.25, -0.2) is 4.98 Å². The molecule has 1 saturated heterocycles. The molecule has 6 heteroatoms. The second-order valence-corrected chi connectivity index (χ2v) is 6.11. The number of amides is 1. The Balaban J connectivity index is 1.79. The fraction of sp³-hybridized carbons (Fsp3) is 0.389. The molecule has 2 aromatic rings. The largest absolute Gasteiger partial charge is 0.393 e. The molecule has 3 rings (SSSR count). The molecule has 126 valence electrons. The van der Waals surface area contributed by atoms with Gasteiger partial charge in [0.05, 0.1) is 26.0 Å². The van der Waals surface area contributed by atoms with E-state index in [9.17, 15) is 9.90 Å². The van der Waals surface area contributed by atoms with E-state index >= 15 is 0 Å². The van der Waals surface area contributed by atoms with Crippen LogP contribution in [0.4, 0.5) is 0 Å². The molecular formula is C18H21N3O3. The van der Waals surface area contributed by atoms with Crippen molar-refractivity contribution in [2.24, 2.45) is 0 Å². The molecule has 1 fully saturated rings. The highest BCUT2D eigenvalue weighted by Crippen LogP contribution is 2.25. The van der Waals surface area contributed by atoms with Gasteiger partial charge in [-0.2, -0.15) is 0 Å². The third kappa shape index (κ3) is 3.44. The molecule has 2 heterocycles. The van der Waals surface area contributed by atoms with Gasteiger partial charge in [0.25, 0.3) is 5.91 Å². The summed E-state index contributed by atoms with van der Waals surface area (Å²) < 4.78 is 5.91. The molecule has 1 aliphatic rings. The van der Waals surface area contributed by atoms with Crippen LogP contribution in [0.5, 0.6) is 0 Å². The number of aliphatic hydroxyl groups excluding tert-OH is 1. The van der Waals surface area contributed by atoms with Crippen molar-refractivity contribution < 1.29 is 14.6 Å². The van der Waals surface area contributed by atoms with Crippen LogP contribution in [0.2, 0.25) is 0 Å². The molecule has 0 bridgehead atoms. The number of aliphatic hydroxyl groups is 1. The van der Waals surface area contributed by atoms with Crippen LogP contribution in [-0.2, 0) is 11.2 Å². The maximum absolute atomic E-state index is 12.6. The SMILES string of the molecule is Cc1ccccc1CC1(CO)CN(C(=O)c2cnccn2)CCO1. The van der Waals surface area contributed by atoms with E-state index in [2.05, 4.69) is 9.97 Å². The van der Waals surface area contributed by atoms with Crippen LogP contribution < -0.4 is 0 Å². The number of ether oxygens (including phenoxy) is 1. The van der Waals surface area contributed by atoms with E-state index in [1.165, 1.54) is 18.6 Å². The van der Waals surface area contributed by atoms with Gasteiger partial charge in [-0.1, -0.05) is 24.3 Å². The van der Waals surface area contributed by atoms with Gasteiger partial charge in [-0.3, -0.25) is 9.78 Å². The fourth-order valence-corrected chi connectivity index (χ4v) is 3.00. The zero-order valence-electron chi connectivity index (χ0n) is 13.7. The number of carbonyl (C=O) groups is 1. The molecule has 0 spiro atoms. The van der Waals surface area contributed by atoms with E-state index in [0.717, 1.165) is 11.1 Å². The van der Waals surface area contributed by atoms with Crippen molar-refractivity contribution in [1.82, 2.24) is 14.9 Å². The molecule has 1 amide bonds. The van der Waals surface area contributed by atoms with Gasteiger partial charge in [0, 0.05) is 25.4 Å². The summed E-state index contributed by atoms with van der Waals surface area (Å²) in [5.74, 6) is -0.186. The fourth-order valence-electron chi connectivity index (χ4n) is 3.00. The van der Waals surface area contributed by atoms with Crippen LogP contribution in [0.3, 0.4) is 0 Å². The Morgan fingerprint density at radius 1 is 1.38 bits per heavy atom. The molecule has 1 aromatic heterocycles. The Morgan fingerprint density at radius 3 is 2.92 bits per heavy atom. The van der Waals surface area contributed by atoms with E-state index in [4.69, 9.17) is 4.74 Å². The number of benzene rings is 1. The lowest BCUT2D eigenvalue weighted by Gasteiger charge is -2.42. The van der Waals surface area contributed by atoms with Crippen molar-refractivity contribution in [2.75, 3.05) is 26.3 Å².